The summed E-state index contributed by atoms with van der Waals surface area (Å²) in [6.07, 6.45) is 0.129. The van der Waals surface area contributed by atoms with Crippen molar-refractivity contribution in [2.24, 2.45) is 0 Å². The van der Waals surface area contributed by atoms with Crippen molar-refractivity contribution in [1.82, 2.24) is 9.88 Å². The highest BCUT2D eigenvalue weighted by Gasteiger charge is 2.36. The molecule has 1 amide bonds. The van der Waals surface area contributed by atoms with Crippen LogP contribution in [-0.4, -0.2) is 38.1 Å². The molecule has 3 rings (SSSR count). The maximum atomic E-state index is 15.1. The first-order valence-electron chi connectivity index (χ1n) is 10.3. The van der Waals surface area contributed by atoms with Crippen molar-refractivity contribution in [3.8, 4) is 5.75 Å². The molecular weight excluding hydrogens is 451 g/mol. The molecule has 0 aliphatic carbocycles. The van der Waals surface area contributed by atoms with Crippen molar-refractivity contribution in [3.63, 3.8) is 0 Å². The van der Waals surface area contributed by atoms with Crippen molar-refractivity contribution in [2.75, 3.05) is 0 Å². The van der Waals surface area contributed by atoms with E-state index in [1.165, 1.54) is 30.5 Å². The number of nitrogens with zero attached hydrogens (tertiary/aromatic N) is 1. The zero-order chi connectivity index (χ0) is 24.7. The topological polar surface area (TPSA) is 109 Å². The molecule has 33 heavy (non-hydrogen) atoms. The van der Waals surface area contributed by atoms with Crippen LogP contribution in [0.1, 0.15) is 54.7 Å². The molecule has 0 spiro atoms. The Morgan fingerprint density at radius 3 is 2.48 bits per heavy atom. The third-order valence-corrected chi connectivity index (χ3v) is 6.25. The van der Waals surface area contributed by atoms with Crippen molar-refractivity contribution in [1.29, 1.82) is 0 Å². The van der Waals surface area contributed by atoms with E-state index in [0.717, 1.165) is 6.07 Å². The van der Waals surface area contributed by atoms with E-state index in [1.54, 1.807) is 32.0 Å². The van der Waals surface area contributed by atoms with Gasteiger partial charge < -0.3 is 15.5 Å². The third-order valence-electron chi connectivity index (χ3n) is 6.01. The number of rotatable bonds is 6. The van der Waals surface area contributed by atoms with Gasteiger partial charge in [-0.2, -0.15) is 0 Å². The van der Waals surface area contributed by atoms with Crippen LogP contribution in [-0.2, 0) is 9.59 Å². The van der Waals surface area contributed by atoms with E-state index in [2.05, 4.69) is 5.32 Å². The zero-order valence-corrected chi connectivity index (χ0v) is 19.3. The number of carboxylic acid groups (broad SMARTS) is 1. The molecule has 9 heteroatoms. The first-order chi connectivity index (χ1) is 15.4. The lowest BCUT2D eigenvalue weighted by Gasteiger charge is -2.26. The molecular formula is C24H24ClFN2O5. The van der Waals surface area contributed by atoms with E-state index in [1.807, 2.05) is 0 Å². The number of aromatic nitrogens is 1. The number of phenols is 1. The van der Waals surface area contributed by atoms with Crippen LogP contribution >= 0.6 is 11.6 Å². The summed E-state index contributed by atoms with van der Waals surface area (Å²) < 4.78 is 16.4. The third kappa shape index (κ3) is 4.18. The maximum absolute atomic E-state index is 15.1. The number of carbonyl (C=O) groups is 3. The highest BCUT2D eigenvalue weighted by Crippen LogP contribution is 2.37. The average molecular weight is 475 g/mol. The summed E-state index contributed by atoms with van der Waals surface area (Å²) in [6.45, 7) is 6.06. The van der Waals surface area contributed by atoms with Crippen molar-refractivity contribution in [3.05, 3.63) is 64.1 Å². The summed E-state index contributed by atoms with van der Waals surface area (Å²) in [5, 5.41) is 22.3. The van der Waals surface area contributed by atoms with Crippen molar-refractivity contribution in [2.45, 2.75) is 45.6 Å². The van der Waals surface area contributed by atoms with Crippen LogP contribution in [0.4, 0.5) is 4.39 Å². The highest BCUT2D eigenvalue weighted by atomic mass is 35.5. The smallest absolute Gasteiger partial charge is 0.329 e. The Morgan fingerprint density at radius 1 is 1.24 bits per heavy atom. The fourth-order valence-electron chi connectivity index (χ4n) is 3.83. The first-order valence-corrected chi connectivity index (χ1v) is 10.7. The quantitative estimate of drug-likeness (QED) is 0.483. The molecule has 3 aromatic rings. The molecule has 1 unspecified atom stereocenters. The number of hydrogen-bond donors (Lipinski definition) is 3. The van der Waals surface area contributed by atoms with Crippen LogP contribution in [0, 0.1) is 12.7 Å². The second-order valence-corrected chi connectivity index (χ2v) is 8.58. The van der Waals surface area contributed by atoms with Gasteiger partial charge in [-0.25, -0.2) is 9.18 Å². The van der Waals surface area contributed by atoms with Gasteiger partial charge in [-0.15, -0.1) is 0 Å². The Morgan fingerprint density at radius 2 is 1.91 bits per heavy atom. The largest absolute Gasteiger partial charge is 0.505 e. The number of carbonyl (C=O) groups excluding carboxylic acids is 2. The minimum absolute atomic E-state index is 0.0842. The molecule has 0 aliphatic rings. The number of amides is 1. The summed E-state index contributed by atoms with van der Waals surface area (Å²) >= 11 is 6.02. The van der Waals surface area contributed by atoms with E-state index in [4.69, 9.17) is 11.6 Å². The monoisotopic (exact) mass is 474 g/mol. The molecule has 0 saturated carbocycles. The van der Waals surface area contributed by atoms with Gasteiger partial charge in [-0.1, -0.05) is 24.6 Å². The highest BCUT2D eigenvalue weighted by molar-refractivity contribution is 6.31. The van der Waals surface area contributed by atoms with Gasteiger partial charge in [0, 0.05) is 21.7 Å². The molecule has 0 saturated heterocycles. The SMILES string of the molecule is CCC(C)(NC(=O)[C@H](C)c1c(C)n(C(=O)c2cccc(Cl)c2)c2ccc(O)c(F)c12)C(=O)O. The zero-order valence-electron chi connectivity index (χ0n) is 18.6. The van der Waals surface area contributed by atoms with Gasteiger partial charge in [0.15, 0.2) is 11.6 Å². The van der Waals surface area contributed by atoms with Crippen LogP contribution in [0.15, 0.2) is 36.4 Å². The summed E-state index contributed by atoms with van der Waals surface area (Å²) in [6, 6.07) is 8.78. The van der Waals surface area contributed by atoms with Gasteiger partial charge in [0.1, 0.15) is 5.54 Å². The van der Waals surface area contributed by atoms with Crippen molar-refractivity contribution < 1.29 is 29.0 Å². The molecule has 2 atom stereocenters. The van der Waals surface area contributed by atoms with Gasteiger partial charge in [0.2, 0.25) is 5.91 Å². The molecule has 3 N–H and O–H groups in total. The second kappa shape index (κ2) is 8.86. The van der Waals surface area contributed by atoms with E-state index in [-0.39, 0.29) is 34.1 Å². The molecule has 1 aromatic heterocycles. The number of carboxylic acids is 1. The van der Waals surface area contributed by atoms with Crippen LogP contribution < -0.4 is 5.32 Å². The summed E-state index contributed by atoms with van der Waals surface area (Å²) in [7, 11) is 0. The van der Waals surface area contributed by atoms with Gasteiger partial charge >= 0.3 is 5.97 Å². The van der Waals surface area contributed by atoms with Gasteiger partial charge in [-0.3, -0.25) is 14.2 Å². The molecule has 0 aliphatic heterocycles. The minimum Gasteiger partial charge on any atom is -0.505 e. The maximum Gasteiger partial charge on any atom is 0.329 e. The number of aliphatic carboxylic acids is 1. The number of aromatic hydroxyl groups is 1. The Kier molecular flexibility index (Phi) is 6.51. The van der Waals surface area contributed by atoms with Crippen LogP contribution in [0.5, 0.6) is 5.75 Å². The fourth-order valence-corrected chi connectivity index (χ4v) is 4.02. The molecule has 0 bridgehead atoms. The number of hydrogen-bond acceptors (Lipinski definition) is 4. The number of halogens is 2. The Labute approximate surface area is 194 Å². The standard InChI is InChI=1S/C24H24ClFN2O5/c1-5-24(4,23(32)33)27-21(30)12(2)18-13(3)28(16-9-10-17(29)20(26)19(16)18)22(31)14-7-6-8-15(25)11-14/h6-12,29H,5H2,1-4H3,(H,27,30)(H,32,33)/t12-,24?/m1/s1. The number of phenolic OH excluding ortho intramolecular Hbond substituents is 1. The summed E-state index contributed by atoms with van der Waals surface area (Å²) in [5.41, 5.74) is -0.636. The Hall–Kier alpha value is -3.39. The number of benzene rings is 2. The fraction of sp³-hybridized carbons (Fsp3) is 0.292. The van der Waals surface area contributed by atoms with E-state index in [9.17, 15) is 24.6 Å². The lowest BCUT2D eigenvalue weighted by Crippen LogP contribution is -2.52. The molecule has 0 fully saturated rings. The van der Waals surface area contributed by atoms with Crippen LogP contribution in [0.25, 0.3) is 10.9 Å². The van der Waals surface area contributed by atoms with E-state index in [0.29, 0.717) is 5.02 Å². The molecule has 2 aromatic carbocycles. The average Bonchev–Trinajstić information content (AvgIpc) is 3.07. The molecule has 7 nitrogen and oxygen atoms in total. The first kappa shape index (κ1) is 24.3. The van der Waals surface area contributed by atoms with E-state index < -0.39 is 40.8 Å². The summed E-state index contributed by atoms with van der Waals surface area (Å²) in [4.78, 5) is 38.0. The lowest BCUT2D eigenvalue weighted by molar-refractivity contribution is -0.147. The number of nitrogens with one attached hydrogen (secondary N) is 1. The predicted octanol–water partition coefficient (Wildman–Crippen LogP) is 4.61. The van der Waals surface area contributed by atoms with Gasteiger partial charge in [-0.05, 0) is 63.1 Å². The molecule has 174 valence electrons. The van der Waals surface area contributed by atoms with Crippen LogP contribution in [0.2, 0.25) is 5.02 Å². The predicted molar refractivity (Wildman–Crippen MR) is 122 cm³/mol. The Balaban J connectivity index is 2.21. The second-order valence-electron chi connectivity index (χ2n) is 8.14. The Bertz CT molecular complexity index is 1290. The normalized spacial score (nSPS) is 14.0. The van der Waals surface area contributed by atoms with Gasteiger partial charge in [0.05, 0.1) is 11.4 Å². The minimum atomic E-state index is -1.52. The number of fused-ring (bicyclic) bond motifs is 1. The van der Waals surface area contributed by atoms with Crippen molar-refractivity contribution >= 4 is 40.3 Å². The molecule has 0 radical (unpaired) electrons. The van der Waals surface area contributed by atoms with Gasteiger partial charge in [0.25, 0.3) is 5.91 Å². The molecule has 1 heterocycles. The lowest BCUT2D eigenvalue weighted by atomic mass is 9.93. The van der Waals surface area contributed by atoms with E-state index >= 15 is 4.39 Å². The summed E-state index contributed by atoms with van der Waals surface area (Å²) in [5.74, 6) is -4.98. The van der Waals surface area contributed by atoms with Crippen LogP contribution in [0.3, 0.4) is 0 Å².